The Balaban J connectivity index is 2.47. The van der Waals surface area contributed by atoms with Gasteiger partial charge >= 0.3 is 0 Å². The van der Waals surface area contributed by atoms with Gasteiger partial charge in [0.15, 0.2) is 0 Å². The van der Waals surface area contributed by atoms with Crippen LogP contribution in [0.1, 0.15) is 38.2 Å². The first kappa shape index (κ1) is 11.5. The predicted molar refractivity (Wildman–Crippen MR) is 68.0 cm³/mol. The molecule has 0 saturated heterocycles. The summed E-state index contributed by atoms with van der Waals surface area (Å²) in [6.45, 7) is 2.21. The first-order valence-corrected chi connectivity index (χ1v) is 6.02. The van der Waals surface area contributed by atoms with Gasteiger partial charge in [-0.3, -0.25) is 0 Å². The molecule has 1 heterocycles. The van der Waals surface area contributed by atoms with Crippen molar-refractivity contribution in [2.45, 2.75) is 32.6 Å². The number of hydrogen-bond donors (Lipinski definition) is 0. The van der Waals surface area contributed by atoms with Gasteiger partial charge in [-0.25, -0.2) is 4.98 Å². The second-order valence-electron chi connectivity index (χ2n) is 3.10. The van der Waals surface area contributed by atoms with Crippen LogP contribution in [0.2, 0.25) is 0 Å². The molecule has 0 amide bonds. The third kappa shape index (κ3) is 4.10. The Hall–Kier alpha value is -0.560. The molecule has 0 aliphatic rings. The summed E-state index contributed by atoms with van der Waals surface area (Å²) in [5.41, 5.74) is 1.05. The summed E-state index contributed by atoms with van der Waals surface area (Å²) in [6, 6.07) is 3.94. The van der Waals surface area contributed by atoms with Gasteiger partial charge in [0, 0.05) is 12.6 Å². The lowest BCUT2D eigenvalue weighted by atomic mass is 10.2. The van der Waals surface area contributed by atoms with Crippen molar-refractivity contribution in [3.63, 3.8) is 0 Å². The van der Waals surface area contributed by atoms with Gasteiger partial charge in [-0.1, -0.05) is 31.6 Å². The van der Waals surface area contributed by atoms with Crippen LogP contribution in [-0.2, 0) is 0 Å². The van der Waals surface area contributed by atoms with Crippen LogP contribution in [0.3, 0.4) is 0 Å². The van der Waals surface area contributed by atoms with Crippen LogP contribution in [-0.4, -0.2) is 4.98 Å². The molecule has 0 radical (unpaired) electrons. The van der Waals surface area contributed by atoms with E-state index in [4.69, 9.17) is 0 Å². The second-order valence-corrected chi connectivity index (χ2v) is 4.12. The van der Waals surface area contributed by atoms with Crippen molar-refractivity contribution >= 4 is 22.6 Å². The minimum Gasteiger partial charge on any atom is -0.249 e. The first-order valence-electron chi connectivity index (χ1n) is 4.94. The van der Waals surface area contributed by atoms with Crippen LogP contribution in [0.4, 0.5) is 0 Å². The minimum absolute atomic E-state index is 0.994. The Bertz CT molecular complexity index is 336. The lowest BCUT2D eigenvalue weighted by Gasteiger charge is -1.92. The molecule has 1 aromatic heterocycles. The summed E-state index contributed by atoms with van der Waals surface area (Å²) in [7, 11) is 0. The summed E-state index contributed by atoms with van der Waals surface area (Å²) in [5.74, 6) is 6.33. The second kappa shape index (κ2) is 6.83. The van der Waals surface area contributed by atoms with E-state index in [1.54, 1.807) is 6.20 Å². The van der Waals surface area contributed by atoms with Crippen molar-refractivity contribution in [3.8, 4) is 11.8 Å². The van der Waals surface area contributed by atoms with E-state index in [1.165, 1.54) is 19.3 Å². The molecule has 0 bridgehead atoms. The summed E-state index contributed by atoms with van der Waals surface area (Å²) in [5, 5.41) is 0. The van der Waals surface area contributed by atoms with Crippen LogP contribution < -0.4 is 0 Å². The van der Waals surface area contributed by atoms with Gasteiger partial charge in [-0.2, -0.15) is 0 Å². The quantitative estimate of drug-likeness (QED) is 0.359. The maximum atomic E-state index is 4.18. The Morgan fingerprint density at radius 3 is 3.00 bits per heavy atom. The molecule has 0 fully saturated rings. The summed E-state index contributed by atoms with van der Waals surface area (Å²) < 4.78 is 0.994. The monoisotopic (exact) mass is 299 g/mol. The zero-order valence-electron chi connectivity index (χ0n) is 8.39. The van der Waals surface area contributed by atoms with Crippen molar-refractivity contribution < 1.29 is 0 Å². The van der Waals surface area contributed by atoms with Crippen LogP contribution in [0.5, 0.6) is 0 Å². The van der Waals surface area contributed by atoms with Gasteiger partial charge in [0.1, 0.15) is 3.70 Å². The van der Waals surface area contributed by atoms with E-state index >= 15 is 0 Å². The Kier molecular flexibility index (Phi) is 5.62. The molecule has 1 rings (SSSR count). The van der Waals surface area contributed by atoms with Crippen LogP contribution in [0.25, 0.3) is 0 Å². The highest BCUT2D eigenvalue weighted by atomic mass is 127. The molecule has 0 atom stereocenters. The highest BCUT2D eigenvalue weighted by Crippen LogP contribution is 2.06. The van der Waals surface area contributed by atoms with Gasteiger partial charge in [0.25, 0.3) is 0 Å². The smallest absolute Gasteiger partial charge is 0.116 e. The topological polar surface area (TPSA) is 12.9 Å². The normalized spacial score (nSPS) is 9.29. The Morgan fingerprint density at radius 1 is 1.43 bits per heavy atom. The average molecular weight is 299 g/mol. The third-order valence-electron chi connectivity index (χ3n) is 1.89. The number of unbranched alkanes of at least 4 members (excludes halogenated alkanes) is 3. The number of halogens is 1. The fourth-order valence-electron chi connectivity index (χ4n) is 1.10. The fourth-order valence-corrected chi connectivity index (χ4v) is 1.58. The summed E-state index contributed by atoms with van der Waals surface area (Å²) in [6.07, 6.45) is 6.54. The molecule has 0 N–H and O–H groups in total. The molecule has 0 aliphatic carbocycles. The molecule has 2 heteroatoms. The molecule has 0 unspecified atom stereocenters. The van der Waals surface area contributed by atoms with E-state index in [1.807, 2.05) is 12.1 Å². The third-order valence-corrected chi connectivity index (χ3v) is 2.75. The molecule has 74 valence electrons. The molecule has 1 aromatic rings. The SMILES string of the molecule is CCCCCC#Cc1cccnc1I. The number of aromatic nitrogens is 1. The molecular weight excluding hydrogens is 285 g/mol. The van der Waals surface area contributed by atoms with Crippen molar-refractivity contribution in [1.82, 2.24) is 4.98 Å². The van der Waals surface area contributed by atoms with E-state index in [-0.39, 0.29) is 0 Å². The van der Waals surface area contributed by atoms with Crippen molar-refractivity contribution in [2.24, 2.45) is 0 Å². The van der Waals surface area contributed by atoms with Gasteiger partial charge < -0.3 is 0 Å². The lowest BCUT2D eigenvalue weighted by molar-refractivity contribution is 0.737. The summed E-state index contributed by atoms with van der Waals surface area (Å²) in [4.78, 5) is 4.18. The molecule has 14 heavy (non-hydrogen) atoms. The average Bonchev–Trinajstić information content (AvgIpc) is 2.20. The summed E-state index contributed by atoms with van der Waals surface area (Å²) >= 11 is 2.22. The van der Waals surface area contributed by atoms with Crippen LogP contribution >= 0.6 is 22.6 Å². The predicted octanol–water partition coefficient (Wildman–Crippen LogP) is 3.62. The molecule has 1 nitrogen and oxygen atoms in total. The van der Waals surface area contributed by atoms with Crippen molar-refractivity contribution in [3.05, 3.63) is 27.6 Å². The Morgan fingerprint density at radius 2 is 2.29 bits per heavy atom. The highest BCUT2D eigenvalue weighted by Gasteiger charge is 1.93. The fraction of sp³-hybridized carbons (Fsp3) is 0.417. The maximum absolute atomic E-state index is 4.18. The van der Waals surface area contributed by atoms with Crippen molar-refractivity contribution in [2.75, 3.05) is 0 Å². The van der Waals surface area contributed by atoms with E-state index in [0.29, 0.717) is 0 Å². The van der Waals surface area contributed by atoms with E-state index in [0.717, 1.165) is 15.7 Å². The molecule has 0 aliphatic heterocycles. The highest BCUT2D eigenvalue weighted by molar-refractivity contribution is 14.1. The number of hydrogen-bond acceptors (Lipinski definition) is 1. The minimum atomic E-state index is 0.994. The molecule has 0 spiro atoms. The van der Waals surface area contributed by atoms with E-state index in [9.17, 15) is 0 Å². The van der Waals surface area contributed by atoms with Gasteiger partial charge in [-0.15, -0.1) is 0 Å². The molecule has 0 saturated carbocycles. The van der Waals surface area contributed by atoms with E-state index in [2.05, 4.69) is 46.3 Å². The van der Waals surface area contributed by atoms with Crippen LogP contribution in [0.15, 0.2) is 18.3 Å². The number of rotatable bonds is 3. The number of pyridine rings is 1. The van der Waals surface area contributed by atoms with Gasteiger partial charge in [0.05, 0.1) is 5.56 Å². The molecule has 0 aromatic carbocycles. The standard InChI is InChI=1S/C12H14IN/c1-2-3-4-5-6-8-11-9-7-10-14-12(11)13/h7,9-10H,2-5H2,1H3. The maximum Gasteiger partial charge on any atom is 0.116 e. The van der Waals surface area contributed by atoms with Crippen molar-refractivity contribution in [1.29, 1.82) is 0 Å². The van der Waals surface area contributed by atoms with Crippen LogP contribution in [0, 0.1) is 15.5 Å². The Labute approximate surface area is 99.5 Å². The largest absolute Gasteiger partial charge is 0.249 e. The van der Waals surface area contributed by atoms with Gasteiger partial charge in [-0.05, 0) is 41.1 Å². The van der Waals surface area contributed by atoms with Gasteiger partial charge in [0.2, 0.25) is 0 Å². The first-order chi connectivity index (χ1) is 6.84. The molecular formula is C12H14IN. The zero-order chi connectivity index (χ0) is 10.2. The zero-order valence-corrected chi connectivity index (χ0v) is 10.5. The lowest BCUT2D eigenvalue weighted by Crippen LogP contribution is -1.84. The number of nitrogens with zero attached hydrogens (tertiary/aromatic N) is 1. The van der Waals surface area contributed by atoms with E-state index < -0.39 is 0 Å².